The van der Waals surface area contributed by atoms with Crippen molar-refractivity contribution in [2.45, 2.75) is 57.7 Å². The van der Waals surface area contributed by atoms with E-state index in [0.29, 0.717) is 11.6 Å². The number of hydrogen-bond acceptors (Lipinski definition) is 2. The SMILES string of the molecule is Fc1ccccc1COc1cccc(CNC2CCCCCC2)c1. The zero-order valence-electron chi connectivity index (χ0n) is 14.1. The summed E-state index contributed by atoms with van der Waals surface area (Å²) in [6.07, 6.45) is 7.98. The third-order valence-electron chi connectivity index (χ3n) is 4.70. The van der Waals surface area contributed by atoms with E-state index in [9.17, 15) is 4.39 Å². The monoisotopic (exact) mass is 327 g/mol. The minimum Gasteiger partial charge on any atom is -0.489 e. The lowest BCUT2D eigenvalue weighted by atomic mass is 10.1. The number of nitrogens with one attached hydrogen (secondary N) is 1. The van der Waals surface area contributed by atoms with Crippen LogP contribution in [0.5, 0.6) is 5.75 Å². The maximum atomic E-state index is 13.6. The van der Waals surface area contributed by atoms with E-state index in [0.717, 1.165) is 12.3 Å². The maximum Gasteiger partial charge on any atom is 0.129 e. The molecule has 0 saturated heterocycles. The van der Waals surface area contributed by atoms with E-state index in [-0.39, 0.29) is 12.4 Å². The van der Waals surface area contributed by atoms with Gasteiger partial charge in [-0.2, -0.15) is 0 Å². The molecule has 1 N–H and O–H groups in total. The molecule has 0 aliphatic heterocycles. The first kappa shape index (κ1) is 17.0. The van der Waals surface area contributed by atoms with Crippen molar-refractivity contribution in [3.8, 4) is 5.75 Å². The van der Waals surface area contributed by atoms with Crippen LogP contribution in [0.4, 0.5) is 4.39 Å². The molecule has 2 nitrogen and oxygen atoms in total. The Labute approximate surface area is 144 Å². The molecule has 1 aliphatic rings. The highest BCUT2D eigenvalue weighted by atomic mass is 19.1. The molecule has 0 aromatic heterocycles. The van der Waals surface area contributed by atoms with E-state index in [1.807, 2.05) is 24.3 Å². The Balaban J connectivity index is 1.53. The summed E-state index contributed by atoms with van der Waals surface area (Å²) in [5.74, 6) is 0.571. The summed E-state index contributed by atoms with van der Waals surface area (Å²) in [6.45, 7) is 1.12. The molecule has 0 amide bonds. The third kappa shape index (κ3) is 5.07. The van der Waals surface area contributed by atoms with Crippen LogP contribution in [0, 0.1) is 5.82 Å². The van der Waals surface area contributed by atoms with Crippen molar-refractivity contribution in [1.29, 1.82) is 0 Å². The lowest BCUT2D eigenvalue weighted by Gasteiger charge is -2.16. The van der Waals surface area contributed by atoms with Crippen LogP contribution in [0.3, 0.4) is 0 Å². The van der Waals surface area contributed by atoms with E-state index in [1.54, 1.807) is 12.1 Å². The van der Waals surface area contributed by atoms with Gasteiger partial charge in [0.05, 0.1) is 0 Å². The van der Waals surface area contributed by atoms with Gasteiger partial charge in [-0.15, -0.1) is 0 Å². The van der Waals surface area contributed by atoms with Crippen molar-refractivity contribution in [3.63, 3.8) is 0 Å². The summed E-state index contributed by atoms with van der Waals surface area (Å²) in [5, 5.41) is 3.67. The Morgan fingerprint density at radius 1 is 0.958 bits per heavy atom. The van der Waals surface area contributed by atoms with Crippen molar-refractivity contribution in [2.24, 2.45) is 0 Å². The number of ether oxygens (including phenoxy) is 1. The smallest absolute Gasteiger partial charge is 0.129 e. The second kappa shape index (κ2) is 8.84. The molecule has 2 aromatic carbocycles. The molecule has 1 fully saturated rings. The summed E-state index contributed by atoms with van der Waals surface area (Å²) in [7, 11) is 0. The summed E-state index contributed by atoms with van der Waals surface area (Å²) in [6, 6.07) is 15.5. The first-order valence-electron chi connectivity index (χ1n) is 9.00. The van der Waals surface area contributed by atoms with E-state index in [1.165, 1.54) is 50.2 Å². The maximum absolute atomic E-state index is 13.6. The molecular weight excluding hydrogens is 301 g/mol. The van der Waals surface area contributed by atoms with Crippen molar-refractivity contribution < 1.29 is 9.13 Å². The second-order valence-electron chi connectivity index (χ2n) is 6.60. The number of hydrogen-bond donors (Lipinski definition) is 1. The molecule has 0 radical (unpaired) electrons. The summed E-state index contributed by atoms with van der Waals surface area (Å²) in [5.41, 5.74) is 1.80. The Morgan fingerprint density at radius 2 is 1.75 bits per heavy atom. The van der Waals surface area contributed by atoms with Crippen LogP contribution in [-0.2, 0) is 13.2 Å². The molecule has 1 saturated carbocycles. The molecule has 24 heavy (non-hydrogen) atoms. The predicted octanol–water partition coefficient (Wildman–Crippen LogP) is 5.22. The van der Waals surface area contributed by atoms with E-state index >= 15 is 0 Å². The van der Waals surface area contributed by atoms with E-state index < -0.39 is 0 Å². The molecule has 3 rings (SSSR count). The van der Waals surface area contributed by atoms with Gasteiger partial charge in [-0.1, -0.05) is 56.0 Å². The fourth-order valence-electron chi connectivity index (χ4n) is 3.27. The van der Waals surface area contributed by atoms with Crippen LogP contribution in [0.2, 0.25) is 0 Å². The highest BCUT2D eigenvalue weighted by molar-refractivity contribution is 5.29. The van der Waals surface area contributed by atoms with Crippen LogP contribution in [0.1, 0.15) is 49.7 Å². The zero-order valence-corrected chi connectivity index (χ0v) is 14.1. The van der Waals surface area contributed by atoms with Gasteiger partial charge in [0, 0.05) is 18.2 Å². The van der Waals surface area contributed by atoms with Crippen LogP contribution in [-0.4, -0.2) is 6.04 Å². The quantitative estimate of drug-likeness (QED) is 0.735. The van der Waals surface area contributed by atoms with Gasteiger partial charge in [0.25, 0.3) is 0 Å². The van der Waals surface area contributed by atoms with Crippen LogP contribution in [0.25, 0.3) is 0 Å². The summed E-state index contributed by atoms with van der Waals surface area (Å²) in [4.78, 5) is 0. The average molecular weight is 327 g/mol. The fourth-order valence-corrected chi connectivity index (χ4v) is 3.27. The number of benzene rings is 2. The summed E-state index contributed by atoms with van der Waals surface area (Å²) < 4.78 is 19.4. The summed E-state index contributed by atoms with van der Waals surface area (Å²) >= 11 is 0. The van der Waals surface area contributed by atoms with Gasteiger partial charge in [0.1, 0.15) is 18.2 Å². The molecule has 0 spiro atoms. The third-order valence-corrected chi connectivity index (χ3v) is 4.70. The van der Waals surface area contributed by atoms with Crippen molar-refractivity contribution in [2.75, 3.05) is 0 Å². The molecule has 3 heteroatoms. The lowest BCUT2D eigenvalue weighted by Crippen LogP contribution is -2.27. The number of rotatable bonds is 6. The van der Waals surface area contributed by atoms with Gasteiger partial charge in [0.15, 0.2) is 0 Å². The van der Waals surface area contributed by atoms with E-state index in [4.69, 9.17) is 4.74 Å². The van der Waals surface area contributed by atoms with Gasteiger partial charge in [0.2, 0.25) is 0 Å². The Morgan fingerprint density at radius 3 is 2.54 bits per heavy atom. The van der Waals surface area contributed by atoms with Gasteiger partial charge >= 0.3 is 0 Å². The fraction of sp³-hybridized carbons (Fsp3) is 0.429. The molecule has 0 heterocycles. The topological polar surface area (TPSA) is 21.3 Å². The van der Waals surface area contributed by atoms with Gasteiger partial charge < -0.3 is 10.1 Å². The molecule has 0 bridgehead atoms. The van der Waals surface area contributed by atoms with Crippen LogP contribution in [0.15, 0.2) is 48.5 Å². The minimum atomic E-state index is -0.219. The highest BCUT2D eigenvalue weighted by Gasteiger charge is 2.11. The molecular formula is C21H26FNO. The molecule has 0 unspecified atom stereocenters. The first-order chi connectivity index (χ1) is 11.8. The van der Waals surface area contributed by atoms with Gasteiger partial charge in [-0.05, 0) is 36.6 Å². The Bertz CT molecular complexity index is 635. The van der Waals surface area contributed by atoms with Crippen LogP contribution >= 0.6 is 0 Å². The van der Waals surface area contributed by atoms with Gasteiger partial charge in [-0.25, -0.2) is 4.39 Å². The van der Waals surface area contributed by atoms with E-state index in [2.05, 4.69) is 11.4 Å². The number of halogens is 1. The Hall–Kier alpha value is -1.87. The van der Waals surface area contributed by atoms with Crippen molar-refractivity contribution in [1.82, 2.24) is 5.32 Å². The zero-order chi connectivity index (χ0) is 16.6. The van der Waals surface area contributed by atoms with Crippen LogP contribution < -0.4 is 10.1 Å². The standard InChI is InChI=1S/C21H26FNO/c22-21-13-6-5-9-18(21)16-24-20-12-7-8-17(14-20)15-23-19-10-3-1-2-4-11-19/h5-9,12-14,19,23H,1-4,10-11,15-16H2. The van der Waals surface area contributed by atoms with Gasteiger partial charge in [-0.3, -0.25) is 0 Å². The largest absolute Gasteiger partial charge is 0.489 e. The second-order valence-corrected chi connectivity index (χ2v) is 6.60. The Kier molecular flexibility index (Phi) is 6.25. The lowest BCUT2D eigenvalue weighted by molar-refractivity contribution is 0.299. The normalized spacial score (nSPS) is 15.9. The molecule has 1 aliphatic carbocycles. The predicted molar refractivity (Wildman–Crippen MR) is 95.5 cm³/mol. The van der Waals surface area contributed by atoms with Crippen molar-refractivity contribution >= 4 is 0 Å². The molecule has 128 valence electrons. The van der Waals surface area contributed by atoms with Crippen molar-refractivity contribution in [3.05, 3.63) is 65.5 Å². The average Bonchev–Trinajstić information content (AvgIpc) is 2.88. The first-order valence-corrected chi connectivity index (χ1v) is 9.00. The molecule has 2 aromatic rings. The highest BCUT2D eigenvalue weighted by Crippen LogP contribution is 2.19. The molecule has 0 atom stereocenters. The minimum absolute atomic E-state index is 0.219.